The van der Waals surface area contributed by atoms with Crippen molar-refractivity contribution in [3.8, 4) is 6.01 Å². The van der Waals surface area contributed by atoms with Gasteiger partial charge >= 0.3 is 6.01 Å². The molecule has 1 rings (SSSR count). The minimum atomic E-state index is -0.327. The van der Waals surface area contributed by atoms with E-state index >= 15 is 0 Å². The standard InChI is InChI=1S/C9H12N3O2/c1-7-4-5-11-9(12-7)14-6-2-3-8(10)13/h5H,2-3,6H2,1H3,(H2,10,13). The zero-order valence-corrected chi connectivity index (χ0v) is 7.99. The van der Waals surface area contributed by atoms with Gasteiger partial charge in [-0.05, 0) is 13.3 Å². The van der Waals surface area contributed by atoms with Gasteiger partial charge in [0.1, 0.15) is 0 Å². The molecule has 0 unspecified atom stereocenters. The van der Waals surface area contributed by atoms with Crippen molar-refractivity contribution in [2.75, 3.05) is 6.61 Å². The number of hydrogen-bond acceptors (Lipinski definition) is 4. The van der Waals surface area contributed by atoms with E-state index < -0.39 is 0 Å². The van der Waals surface area contributed by atoms with Crippen LogP contribution in [0.3, 0.4) is 0 Å². The molecule has 0 atom stereocenters. The predicted molar refractivity (Wildman–Crippen MR) is 49.5 cm³/mol. The second-order valence-electron chi connectivity index (χ2n) is 2.80. The summed E-state index contributed by atoms with van der Waals surface area (Å²) in [6.07, 6.45) is 2.40. The van der Waals surface area contributed by atoms with E-state index in [4.69, 9.17) is 10.5 Å². The number of carbonyl (C=O) groups excluding carboxylic acids is 1. The van der Waals surface area contributed by atoms with Crippen LogP contribution in [0.25, 0.3) is 0 Å². The summed E-state index contributed by atoms with van der Waals surface area (Å²) in [7, 11) is 0. The Morgan fingerprint density at radius 1 is 1.71 bits per heavy atom. The minimum Gasteiger partial charge on any atom is -0.463 e. The zero-order valence-electron chi connectivity index (χ0n) is 7.99. The summed E-state index contributed by atoms with van der Waals surface area (Å²) in [5.74, 6) is -0.327. The Morgan fingerprint density at radius 2 is 2.50 bits per heavy atom. The van der Waals surface area contributed by atoms with Crippen molar-refractivity contribution in [2.45, 2.75) is 19.8 Å². The van der Waals surface area contributed by atoms with Gasteiger partial charge in [-0.3, -0.25) is 4.79 Å². The largest absolute Gasteiger partial charge is 0.463 e. The van der Waals surface area contributed by atoms with Crippen molar-refractivity contribution in [1.82, 2.24) is 9.97 Å². The third-order valence-electron chi connectivity index (χ3n) is 1.51. The van der Waals surface area contributed by atoms with Crippen molar-refractivity contribution >= 4 is 5.91 Å². The van der Waals surface area contributed by atoms with Crippen LogP contribution in [-0.4, -0.2) is 22.5 Å². The Kier molecular flexibility index (Phi) is 3.84. The third kappa shape index (κ3) is 3.84. The minimum absolute atomic E-state index is 0.311. The van der Waals surface area contributed by atoms with E-state index in [9.17, 15) is 4.79 Å². The molecule has 5 nitrogen and oxygen atoms in total. The van der Waals surface area contributed by atoms with E-state index in [2.05, 4.69) is 16.0 Å². The van der Waals surface area contributed by atoms with Gasteiger partial charge in [0.05, 0.1) is 12.3 Å². The molecule has 5 heteroatoms. The molecule has 1 aromatic rings. The molecule has 2 N–H and O–H groups in total. The maximum absolute atomic E-state index is 10.4. The van der Waals surface area contributed by atoms with E-state index in [1.54, 1.807) is 6.92 Å². The summed E-state index contributed by atoms with van der Waals surface area (Å²) in [5.41, 5.74) is 5.69. The summed E-state index contributed by atoms with van der Waals surface area (Å²) in [6.45, 7) is 2.20. The predicted octanol–water partition coefficient (Wildman–Crippen LogP) is 0.230. The Labute approximate surface area is 82.3 Å². The maximum Gasteiger partial charge on any atom is 0.316 e. The number of nitrogens with zero attached hydrogens (tertiary/aromatic N) is 2. The molecule has 0 aromatic carbocycles. The van der Waals surface area contributed by atoms with Crippen LogP contribution in [0.1, 0.15) is 18.5 Å². The van der Waals surface area contributed by atoms with Crippen LogP contribution in [0.2, 0.25) is 0 Å². The average molecular weight is 194 g/mol. The molecule has 14 heavy (non-hydrogen) atoms. The molecule has 0 bridgehead atoms. The fraction of sp³-hybridized carbons (Fsp3) is 0.444. The first-order chi connectivity index (χ1) is 6.68. The quantitative estimate of drug-likeness (QED) is 0.680. The van der Waals surface area contributed by atoms with Gasteiger partial charge in [-0.25, -0.2) is 4.98 Å². The second-order valence-corrected chi connectivity index (χ2v) is 2.80. The number of aromatic nitrogens is 2. The summed E-state index contributed by atoms with van der Waals surface area (Å²) < 4.78 is 5.19. The highest BCUT2D eigenvalue weighted by molar-refractivity contribution is 5.73. The third-order valence-corrected chi connectivity index (χ3v) is 1.51. The molecule has 0 fully saturated rings. The van der Waals surface area contributed by atoms with Crippen molar-refractivity contribution in [3.05, 3.63) is 18.0 Å². The lowest BCUT2D eigenvalue weighted by molar-refractivity contribution is -0.118. The van der Waals surface area contributed by atoms with Gasteiger partial charge in [-0.1, -0.05) is 0 Å². The molecule has 1 amide bonds. The molecular weight excluding hydrogens is 182 g/mol. The highest BCUT2D eigenvalue weighted by atomic mass is 16.5. The summed E-state index contributed by atoms with van der Waals surface area (Å²) >= 11 is 0. The molecule has 0 saturated carbocycles. The van der Waals surface area contributed by atoms with Crippen LogP contribution in [0, 0.1) is 13.0 Å². The van der Waals surface area contributed by atoms with Crippen molar-refractivity contribution in [1.29, 1.82) is 0 Å². The maximum atomic E-state index is 10.4. The van der Waals surface area contributed by atoms with Crippen LogP contribution >= 0.6 is 0 Å². The average Bonchev–Trinajstić information content (AvgIpc) is 2.12. The van der Waals surface area contributed by atoms with Crippen LogP contribution in [0.5, 0.6) is 6.01 Å². The smallest absolute Gasteiger partial charge is 0.316 e. The van der Waals surface area contributed by atoms with Gasteiger partial charge in [0.25, 0.3) is 0 Å². The molecule has 75 valence electrons. The number of aryl methyl sites for hydroxylation is 1. The molecule has 0 aliphatic heterocycles. The van der Waals surface area contributed by atoms with Gasteiger partial charge < -0.3 is 10.5 Å². The first-order valence-electron chi connectivity index (χ1n) is 4.31. The normalized spacial score (nSPS) is 9.79. The molecule has 1 heterocycles. The van der Waals surface area contributed by atoms with Crippen LogP contribution in [0.4, 0.5) is 0 Å². The number of nitrogens with two attached hydrogens (primary N) is 1. The van der Waals surface area contributed by atoms with Gasteiger partial charge in [0.15, 0.2) is 0 Å². The Bertz CT molecular complexity index is 315. The van der Waals surface area contributed by atoms with Crippen molar-refractivity contribution < 1.29 is 9.53 Å². The summed E-state index contributed by atoms with van der Waals surface area (Å²) in [5, 5.41) is 0. The van der Waals surface area contributed by atoms with Gasteiger partial charge in [-0.15, -0.1) is 0 Å². The monoisotopic (exact) mass is 194 g/mol. The molecule has 0 spiro atoms. The Hall–Kier alpha value is -1.65. The Morgan fingerprint density at radius 3 is 3.14 bits per heavy atom. The van der Waals surface area contributed by atoms with E-state index in [1.807, 2.05) is 0 Å². The van der Waals surface area contributed by atoms with Gasteiger partial charge in [-0.2, -0.15) is 4.98 Å². The molecule has 1 radical (unpaired) electrons. The number of primary amides is 1. The summed E-state index contributed by atoms with van der Waals surface area (Å²) in [6, 6.07) is 3.11. The SMILES string of the molecule is Cc1[c]cnc(OCCCC(N)=O)n1. The highest BCUT2D eigenvalue weighted by Crippen LogP contribution is 2.01. The van der Waals surface area contributed by atoms with Gasteiger partial charge in [0.2, 0.25) is 5.91 Å². The number of carbonyl (C=O) groups is 1. The Balaban J connectivity index is 2.28. The van der Waals surface area contributed by atoms with Crippen LogP contribution < -0.4 is 10.5 Å². The van der Waals surface area contributed by atoms with E-state index in [-0.39, 0.29) is 5.91 Å². The highest BCUT2D eigenvalue weighted by Gasteiger charge is 1.98. The number of amides is 1. The zero-order chi connectivity index (χ0) is 10.4. The molecule has 1 aromatic heterocycles. The molecular formula is C9H12N3O2. The first kappa shape index (κ1) is 10.4. The number of ether oxygens (including phenoxy) is 1. The lowest BCUT2D eigenvalue weighted by Gasteiger charge is -2.02. The van der Waals surface area contributed by atoms with Crippen molar-refractivity contribution in [3.63, 3.8) is 0 Å². The van der Waals surface area contributed by atoms with Crippen LogP contribution in [-0.2, 0) is 4.79 Å². The van der Waals surface area contributed by atoms with E-state index in [1.165, 1.54) is 6.20 Å². The van der Waals surface area contributed by atoms with E-state index in [0.717, 1.165) is 5.69 Å². The van der Waals surface area contributed by atoms with Gasteiger partial charge in [0, 0.05) is 18.7 Å². The second kappa shape index (κ2) is 5.16. The molecule has 0 aliphatic carbocycles. The van der Waals surface area contributed by atoms with Crippen molar-refractivity contribution in [2.24, 2.45) is 5.73 Å². The topological polar surface area (TPSA) is 78.1 Å². The lowest BCUT2D eigenvalue weighted by atomic mass is 10.3. The fourth-order valence-electron chi connectivity index (χ4n) is 0.865. The molecule has 0 saturated heterocycles. The van der Waals surface area contributed by atoms with E-state index in [0.29, 0.717) is 25.5 Å². The lowest BCUT2D eigenvalue weighted by Crippen LogP contribution is -2.12. The number of hydrogen-bond donors (Lipinski definition) is 1. The molecule has 0 aliphatic rings. The summed E-state index contributed by atoms with van der Waals surface area (Å²) in [4.78, 5) is 18.2. The fourth-order valence-corrected chi connectivity index (χ4v) is 0.865. The first-order valence-corrected chi connectivity index (χ1v) is 4.31. The van der Waals surface area contributed by atoms with Crippen LogP contribution in [0.15, 0.2) is 6.20 Å². The number of rotatable bonds is 5.